The van der Waals surface area contributed by atoms with Gasteiger partial charge in [0.05, 0.1) is 36.7 Å². The number of hydrogen-bond donors (Lipinski definition) is 8. The Hall–Kier alpha value is -10.3. The van der Waals surface area contributed by atoms with Crippen molar-refractivity contribution in [2.45, 2.75) is 141 Å². The van der Waals surface area contributed by atoms with Crippen LogP contribution in [0, 0.1) is 17.5 Å². The van der Waals surface area contributed by atoms with Crippen LogP contribution in [0.2, 0.25) is 0 Å². The van der Waals surface area contributed by atoms with Gasteiger partial charge in [-0.25, -0.2) is 56.1 Å². The maximum absolute atomic E-state index is 14.5. The van der Waals surface area contributed by atoms with Crippen LogP contribution in [0.5, 0.6) is 17.2 Å². The summed E-state index contributed by atoms with van der Waals surface area (Å²) in [5, 5.41) is 46.1. The molecule has 6 aromatic heterocycles. The van der Waals surface area contributed by atoms with Crippen LogP contribution in [0.15, 0.2) is 91.8 Å². The molecule has 0 radical (unpaired) electrons. The quantitative estimate of drug-likeness (QED) is 0.0532. The van der Waals surface area contributed by atoms with E-state index >= 15 is 0 Å². The largest absolute Gasteiger partial charge is 0.487 e. The monoisotopic (exact) mass is 1280 g/mol. The highest BCUT2D eigenvalue weighted by Gasteiger charge is 2.40. The molecule has 10 heterocycles. The predicted octanol–water partition coefficient (Wildman–Crippen LogP) is 10.00. The van der Waals surface area contributed by atoms with Crippen molar-refractivity contribution in [1.29, 1.82) is 0 Å². The molecule has 13 rings (SSSR count). The second-order valence-corrected chi connectivity index (χ2v) is 25.5. The molecule has 28 heteroatoms. The molecule has 488 valence electrons. The van der Waals surface area contributed by atoms with Crippen LogP contribution in [-0.2, 0) is 24.0 Å². The number of carbonyl (C=O) groups is 4. The van der Waals surface area contributed by atoms with Crippen molar-refractivity contribution >= 4 is 58.3 Å². The van der Waals surface area contributed by atoms with E-state index in [1.54, 1.807) is 62.1 Å². The lowest BCUT2D eigenvalue weighted by Crippen LogP contribution is -2.38. The smallest absolute Gasteiger partial charge is 0.407 e. The number of hydrogen-bond acceptors (Lipinski definition) is 18. The van der Waals surface area contributed by atoms with E-state index in [4.69, 9.17) is 24.7 Å². The molecule has 4 aliphatic rings. The predicted molar refractivity (Wildman–Crippen MR) is 336 cm³/mol. The standard InChI is InChI=1S/C25H30FN5O5.C20H22FN5O3.C20H20FN5O2/c1-14(29-19-6-9-31-21(30-19)18(13-28-31)22(32)33)17-11-16(26)10-15-12-25(5,35-20(15)17)7-8-27-23(34)36-24(2,3)4;1-11(24-16-3-6-26-18(25-16)15(10-23-26)19(27)28)14-8-13(21)7-12-9-20(2,4-5-22)29-17(12)14;1-11-14-8-13(21)7-12-9-20(2,28-17(12)14)4-5-22-19(27)15-10-23-26-6-3-16(24-11)25-18(15)26/h6,9-11,13-14H,7-8,12H2,1-5H3,(H,27,34)(H,29,30)(H,32,33);3,6-8,10-11H,4-5,9,22H2,1-2H3,(H,24,25)(H,27,28);3,6-8,10-11H,4-5,9H2,1-2H3,(H,22,27)(H,24,25)/t14-,25-;2*11-,20-/m111/s1. The molecule has 0 saturated carbocycles. The molecule has 0 aliphatic carbocycles. The minimum atomic E-state index is -1.13. The zero-order valence-electron chi connectivity index (χ0n) is 52.7. The molecule has 0 unspecified atom stereocenters. The zero-order chi connectivity index (χ0) is 66.5. The topological polar surface area (TPSA) is 322 Å². The van der Waals surface area contributed by atoms with Crippen molar-refractivity contribution in [3.63, 3.8) is 0 Å². The molecular formula is C65H72F3N15O10. The number of nitrogens with two attached hydrogens (primary N) is 1. The fourth-order valence-corrected chi connectivity index (χ4v) is 12.0. The van der Waals surface area contributed by atoms with Crippen molar-refractivity contribution in [2.75, 3.05) is 35.6 Å². The lowest BCUT2D eigenvalue weighted by molar-refractivity contribution is 0.0501. The highest BCUT2D eigenvalue weighted by molar-refractivity contribution is 6.00. The van der Waals surface area contributed by atoms with E-state index in [0.717, 1.165) is 28.0 Å². The summed E-state index contributed by atoms with van der Waals surface area (Å²) in [6, 6.07) is 13.0. The van der Waals surface area contributed by atoms with Crippen LogP contribution in [0.3, 0.4) is 0 Å². The zero-order valence-corrected chi connectivity index (χ0v) is 52.7. The van der Waals surface area contributed by atoms with Crippen molar-refractivity contribution in [3.8, 4) is 17.2 Å². The minimum absolute atomic E-state index is 0.00818. The third-order valence-corrected chi connectivity index (χ3v) is 16.5. The molecule has 9 aromatic rings. The lowest BCUT2D eigenvalue weighted by Gasteiger charge is -2.26. The van der Waals surface area contributed by atoms with E-state index < -0.39 is 46.5 Å². The second kappa shape index (κ2) is 25.1. The number of nitrogens with zero attached hydrogens (tertiary/aromatic N) is 9. The average Bonchev–Trinajstić information content (AvgIpc) is 1.66. The van der Waals surface area contributed by atoms with Gasteiger partial charge in [-0.15, -0.1) is 0 Å². The molecule has 0 fully saturated rings. The van der Waals surface area contributed by atoms with Crippen LogP contribution in [-0.4, -0.2) is 120 Å². The van der Waals surface area contributed by atoms with Crippen molar-refractivity contribution < 1.29 is 61.5 Å². The number of amides is 2. The van der Waals surface area contributed by atoms with Gasteiger partial charge in [0.2, 0.25) is 0 Å². The van der Waals surface area contributed by atoms with Gasteiger partial charge in [-0.2, -0.15) is 15.3 Å². The van der Waals surface area contributed by atoms with Crippen molar-refractivity contribution in [2.24, 2.45) is 5.73 Å². The maximum atomic E-state index is 14.5. The normalized spacial score (nSPS) is 20.0. The Balaban J connectivity index is 0.000000144. The summed E-state index contributed by atoms with van der Waals surface area (Å²) in [5.41, 5.74) is 9.30. The van der Waals surface area contributed by atoms with E-state index in [-0.39, 0.29) is 57.9 Å². The first kappa shape index (κ1) is 64.3. The third-order valence-electron chi connectivity index (χ3n) is 16.5. The summed E-state index contributed by atoms with van der Waals surface area (Å²) in [4.78, 5) is 60.6. The number of carbonyl (C=O) groups excluding carboxylic acids is 2. The number of benzene rings is 3. The maximum Gasteiger partial charge on any atom is 0.407 e. The number of rotatable bonds is 13. The van der Waals surface area contributed by atoms with Gasteiger partial charge >= 0.3 is 18.0 Å². The van der Waals surface area contributed by atoms with Gasteiger partial charge < -0.3 is 61.5 Å². The molecule has 4 bridgehead atoms. The minimum Gasteiger partial charge on any atom is -0.487 e. The highest BCUT2D eigenvalue weighted by atomic mass is 19.1. The fraction of sp³-hybridized carbons (Fsp3) is 0.385. The molecule has 0 saturated heterocycles. The summed E-state index contributed by atoms with van der Waals surface area (Å²) in [6.45, 7) is 18.2. The molecule has 0 spiro atoms. The molecule has 3 aromatic carbocycles. The van der Waals surface area contributed by atoms with Crippen molar-refractivity contribution in [1.82, 2.24) is 54.4 Å². The first-order valence-electron chi connectivity index (χ1n) is 30.3. The number of carboxylic acid groups (broad SMARTS) is 2. The molecule has 25 nitrogen and oxygen atoms in total. The Morgan fingerprint density at radius 2 is 1.22 bits per heavy atom. The third kappa shape index (κ3) is 14.0. The summed E-state index contributed by atoms with van der Waals surface area (Å²) in [6.07, 6.45) is 11.9. The van der Waals surface area contributed by atoms with Crippen molar-refractivity contribution in [3.05, 3.63) is 159 Å². The Kier molecular flexibility index (Phi) is 17.3. The van der Waals surface area contributed by atoms with Crippen LogP contribution >= 0.6 is 0 Å². The number of fused-ring (bicyclic) bond motifs is 6. The lowest BCUT2D eigenvalue weighted by atomic mass is 9.94. The molecule has 9 N–H and O–H groups in total. The van der Waals surface area contributed by atoms with Crippen LogP contribution < -0.4 is 46.5 Å². The average molecular weight is 1280 g/mol. The molecule has 4 aliphatic heterocycles. The molecular weight excluding hydrogens is 1210 g/mol. The number of aromatic nitrogens is 9. The first-order chi connectivity index (χ1) is 44.0. The Morgan fingerprint density at radius 1 is 0.710 bits per heavy atom. The number of carboxylic acids is 2. The number of nitrogens with one attached hydrogen (secondary N) is 5. The SMILES string of the molecule is C[C@@H](Nc1ccn2ncc(C(=O)O)c2n1)c1cc(F)cc2c1O[C@](C)(CCN)C2.C[C@@H](Nc1ccn2ncc(C(=O)O)c2n1)c1cc(F)cc2c1O[C@](C)(CCNC(=O)OC(C)(C)C)C2.C[C@H]1Nc2ccn3ncc(c3n2)C(=O)NCC[C@]2(C)Cc3cc(F)cc1c3O2. The number of aromatic carboxylic acids is 2. The van der Waals surface area contributed by atoms with Gasteiger partial charge in [0, 0.05) is 97.2 Å². The van der Waals surface area contributed by atoms with Gasteiger partial charge in [-0.05, 0) is 130 Å². The number of halogens is 3. The summed E-state index contributed by atoms with van der Waals surface area (Å²) < 4.78 is 71.5. The van der Waals surface area contributed by atoms with Gasteiger partial charge in [0.15, 0.2) is 16.9 Å². The summed E-state index contributed by atoms with van der Waals surface area (Å²) >= 11 is 0. The van der Waals surface area contributed by atoms with E-state index in [0.29, 0.717) is 109 Å². The van der Waals surface area contributed by atoms with Gasteiger partial charge in [-0.3, -0.25) is 4.79 Å². The summed E-state index contributed by atoms with van der Waals surface area (Å²) in [7, 11) is 0. The Morgan fingerprint density at radius 3 is 1.75 bits per heavy atom. The molecule has 93 heavy (non-hydrogen) atoms. The van der Waals surface area contributed by atoms with E-state index in [1.165, 1.54) is 64.0 Å². The van der Waals surface area contributed by atoms with Gasteiger partial charge in [-0.1, -0.05) is 0 Å². The van der Waals surface area contributed by atoms with Gasteiger partial charge in [0.1, 0.15) is 91.2 Å². The van der Waals surface area contributed by atoms with Crippen LogP contribution in [0.1, 0.15) is 164 Å². The van der Waals surface area contributed by atoms with E-state index in [1.807, 2.05) is 41.5 Å². The van der Waals surface area contributed by atoms with Crippen LogP contribution in [0.4, 0.5) is 35.4 Å². The van der Waals surface area contributed by atoms with E-state index in [2.05, 4.69) is 56.8 Å². The number of ether oxygens (including phenoxy) is 4. The number of anilines is 3. The molecule has 6 atom stereocenters. The van der Waals surface area contributed by atoms with Crippen LogP contribution in [0.25, 0.3) is 16.9 Å². The second-order valence-electron chi connectivity index (χ2n) is 25.5. The van der Waals surface area contributed by atoms with Gasteiger partial charge in [0.25, 0.3) is 5.91 Å². The Labute approximate surface area is 531 Å². The summed E-state index contributed by atoms with van der Waals surface area (Å²) in [5.74, 6) is -0.0368. The first-order valence-corrected chi connectivity index (χ1v) is 30.3. The fourth-order valence-electron chi connectivity index (χ4n) is 12.0. The Bertz CT molecular complexity index is 4400. The van der Waals surface area contributed by atoms with E-state index in [9.17, 15) is 42.6 Å². The molecule has 2 amide bonds. The number of alkyl carbamates (subject to hydrolysis) is 1. The highest BCUT2D eigenvalue weighted by Crippen LogP contribution is 2.46.